The quantitative estimate of drug-likeness (QED) is 0.791. The van der Waals surface area contributed by atoms with E-state index in [2.05, 4.69) is 24.8 Å². The van der Waals surface area contributed by atoms with Crippen LogP contribution in [0, 0.1) is 11.8 Å². The van der Waals surface area contributed by atoms with Crippen molar-refractivity contribution in [2.45, 2.75) is 26.3 Å². The van der Waals surface area contributed by atoms with Crippen molar-refractivity contribution in [2.75, 3.05) is 32.9 Å². The van der Waals surface area contributed by atoms with E-state index in [-0.39, 0.29) is 6.61 Å². The summed E-state index contributed by atoms with van der Waals surface area (Å²) >= 11 is 0. The van der Waals surface area contributed by atoms with Crippen molar-refractivity contribution in [2.24, 2.45) is 11.8 Å². The monoisotopic (exact) mass is 293 g/mol. The van der Waals surface area contributed by atoms with Crippen molar-refractivity contribution in [1.29, 1.82) is 0 Å². The third-order valence-corrected chi connectivity index (χ3v) is 4.63. The Morgan fingerprint density at radius 2 is 2.10 bits per heavy atom. The van der Waals surface area contributed by atoms with E-state index in [1.807, 2.05) is 12.1 Å². The normalized spacial score (nSPS) is 26.9. The number of phenols is 1. The van der Waals surface area contributed by atoms with E-state index in [9.17, 15) is 5.11 Å². The summed E-state index contributed by atoms with van der Waals surface area (Å²) in [7, 11) is 0. The van der Waals surface area contributed by atoms with Crippen LogP contribution in [0.2, 0.25) is 0 Å². The summed E-state index contributed by atoms with van der Waals surface area (Å²) in [5.41, 5.74) is 1.18. The molecule has 4 nitrogen and oxygen atoms in total. The molecule has 21 heavy (non-hydrogen) atoms. The van der Waals surface area contributed by atoms with Gasteiger partial charge in [-0.15, -0.1) is 0 Å². The zero-order valence-corrected chi connectivity index (χ0v) is 13.0. The molecule has 0 saturated carbocycles. The van der Waals surface area contributed by atoms with Crippen LogP contribution < -0.4 is 0 Å². The topological polar surface area (TPSA) is 52.9 Å². The van der Waals surface area contributed by atoms with Crippen molar-refractivity contribution >= 4 is 0 Å². The molecule has 0 bridgehead atoms. The predicted molar refractivity (Wildman–Crippen MR) is 83.3 cm³/mol. The number of hydrogen-bond acceptors (Lipinski definition) is 4. The second-order valence-corrected chi connectivity index (χ2v) is 6.04. The van der Waals surface area contributed by atoms with Gasteiger partial charge in [0.05, 0.1) is 19.8 Å². The third kappa shape index (κ3) is 4.19. The first-order chi connectivity index (χ1) is 10.1. The number of phenolic OH excluding ortho intramolecular Hbond substituents is 1. The molecular weight excluding hydrogens is 266 g/mol. The Balaban J connectivity index is 2.09. The summed E-state index contributed by atoms with van der Waals surface area (Å²) < 4.78 is 5.41. The maximum absolute atomic E-state index is 9.76. The molecular formula is C17H27NO3. The van der Waals surface area contributed by atoms with Crippen LogP contribution in [0.15, 0.2) is 24.3 Å². The van der Waals surface area contributed by atoms with Crippen molar-refractivity contribution in [3.05, 3.63) is 29.8 Å². The molecule has 1 aliphatic heterocycles. The number of nitrogens with zero attached hydrogens (tertiary/aromatic N) is 1. The molecule has 0 spiro atoms. The largest absolute Gasteiger partial charge is 0.508 e. The van der Waals surface area contributed by atoms with Crippen LogP contribution in [0.3, 0.4) is 0 Å². The minimum Gasteiger partial charge on any atom is -0.508 e. The fourth-order valence-electron chi connectivity index (χ4n) is 3.24. The van der Waals surface area contributed by atoms with Gasteiger partial charge in [-0.3, -0.25) is 4.90 Å². The molecule has 118 valence electrons. The highest BCUT2D eigenvalue weighted by Crippen LogP contribution is 2.39. The van der Waals surface area contributed by atoms with Gasteiger partial charge in [-0.1, -0.05) is 26.0 Å². The number of likely N-dealkylation sites (tertiary alicyclic amines) is 1. The summed E-state index contributed by atoms with van der Waals surface area (Å²) in [6.45, 7) is 7.61. The van der Waals surface area contributed by atoms with Crippen LogP contribution in [0.1, 0.15) is 31.9 Å². The van der Waals surface area contributed by atoms with Gasteiger partial charge in [0.1, 0.15) is 5.75 Å². The van der Waals surface area contributed by atoms with Crippen molar-refractivity contribution in [3.8, 4) is 5.75 Å². The number of benzene rings is 1. The lowest BCUT2D eigenvalue weighted by Gasteiger charge is -2.43. The maximum atomic E-state index is 9.76. The highest BCUT2D eigenvalue weighted by Gasteiger charge is 2.33. The van der Waals surface area contributed by atoms with Gasteiger partial charge in [0.15, 0.2) is 0 Å². The second-order valence-electron chi connectivity index (χ2n) is 6.04. The molecule has 0 amide bonds. The van der Waals surface area contributed by atoms with E-state index >= 15 is 0 Å². The van der Waals surface area contributed by atoms with Gasteiger partial charge < -0.3 is 14.9 Å². The van der Waals surface area contributed by atoms with Crippen molar-refractivity contribution in [3.63, 3.8) is 0 Å². The first-order valence-electron chi connectivity index (χ1n) is 7.85. The minimum absolute atomic E-state index is 0.0728. The number of aliphatic hydroxyl groups excluding tert-OH is 1. The number of aromatic hydroxyl groups is 1. The Kier molecular flexibility index (Phi) is 6.03. The fraction of sp³-hybridized carbons (Fsp3) is 0.647. The molecule has 2 N–H and O–H groups in total. The highest BCUT2D eigenvalue weighted by molar-refractivity contribution is 5.30. The van der Waals surface area contributed by atoms with E-state index in [0.29, 0.717) is 36.8 Å². The molecule has 1 aliphatic rings. The van der Waals surface area contributed by atoms with E-state index in [4.69, 9.17) is 9.84 Å². The van der Waals surface area contributed by atoms with Gasteiger partial charge in [-0.2, -0.15) is 0 Å². The standard InChI is InChI=1S/C17H27NO3/c1-13-6-7-18(8-10-21-11-9-19)17(14(13)2)15-4-3-5-16(20)12-15/h3-5,12-14,17,19-20H,6-11H2,1-2H3/t13-,14+,17?/m0/s1. The van der Waals surface area contributed by atoms with E-state index in [0.717, 1.165) is 13.1 Å². The number of aliphatic hydroxyl groups is 1. The predicted octanol–water partition coefficient (Wildman–Crippen LogP) is 2.42. The third-order valence-electron chi connectivity index (χ3n) is 4.63. The Morgan fingerprint density at radius 1 is 1.29 bits per heavy atom. The molecule has 1 saturated heterocycles. The summed E-state index contributed by atoms with van der Waals surface area (Å²) in [4.78, 5) is 2.44. The fourth-order valence-corrected chi connectivity index (χ4v) is 3.24. The van der Waals surface area contributed by atoms with E-state index in [1.165, 1.54) is 12.0 Å². The average Bonchev–Trinajstić information content (AvgIpc) is 2.47. The van der Waals surface area contributed by atoms with Crippen LogP contribution in [0.25, 0.3) is 0 Å². The maximum Gasteiger partial charge on any atom is 0.115 e. The molecule has 1 aromatic carbocycles. The molecule has 1 heterocycles. The van der Waals surface area contributed by atoms with Crippen LogP contribution >= 0.6 is 0 Å². The Bertz CT molecular complexity index is 438. The minimum atomic E-state index is 0.0728. The van der Waals surface area contributed by atoms with Crippen molar-refractivity contribution in [1.82, 2.24) is 4.90 Å². The molecule has 2 rings (SSSR count). The molecule has 0 aliphatic carbocycles. The van der Waals surface area contributed by atoms with Crippen LogP contribution in [0.5, 0.6) is 5.75 Å². The van der Waals surface area contributed by atoms with Gasteiger partial charge in [-0.05, 0) is 42.5 Å². The molecule has 3 atom stereocenters. The van der Waals surface area contributed by atoms with Gasteiger partial charge in [0, 0.05) is 12.6 Å². The number of rotatable bonds is 6. The zero-order valence-electron chi connectivity index (χ0n) is 13.0. The molecule has 1 aromatic rings. The Morgan fingerprint density at radius 3 is 2.81 bits per heavy atom. The summed E-state index contributed by atoms with van der Waals surface area (Å²) in [6, 6.07) is 7.92. The van der Waals surface area contributed by atoms with Gasteiger partial charge >= 0.3 is 0 Å². The van der Waals surface area contributed by atoms with Crippen LogP contribution in [0.4, 0.5) is 0 Å². The number of ether oxygens (including phenoxy) is 1. The lowest BCUT2D eigenvalue weighted by molar-refractivity contribution is 0.0221. The molecule has 1 fully saturated rings. The second kappa shape index (κ2) is 7.78. The summed E-state index contributed by atoms with van der Waals surface area (Å²) in [5.74, 6) is 1.54. The van der Waals surface area contributed by atoms with E-state index in [1.54, 1.807) is 6.07 Å². The average molecular weight is 293 g/mol. The van der Waals surface area contributed by atoms with Gasteiger partial charge in [0.2, 0.25) is 0 Å². The molecule has 1 unspecified atom stereocenters. The summed E-state index contributed by atoms with van der Waals surface area (Å²) in [6.07, 6.45) is 1.19. The first-order valence-corrected chi connectivity index (χ1v) is 7.85. The lowest BCUT2D eigenvalue weighted by atomic mass is 9.79. The summed E-state index contributed by atoms with van der Waals surface area (Å²) in [5, 5.41) is 18.5. The zero-order chi connectivity index (χ0) is 15.2. The SMILES string of the molecule is C[C@H]1CCN(CCOCCO)C(c2cccc(O)c2)[C@@H]1C. The molecule has 0 radical (unpaired) electrons. The first kappa shape index (κ1) is 16.3. The van der Waals surface area contributed by atoms with Gasteiger partial charge in [-0.25, -0.2) is 0 Å². The van der Waals surface area contributed by atoms with Crippen LogP contribution in [-0.2, 0) is 4.74 Å². The number of hydrogen-bond donors (Lipinski definition) is 2. The molecule has 4 heteroatoms. The Labute approximate surface area is 127 Å². The smallest absolute Gasteiger partial charge is 0.115 e. The Hall–Kier alpha value is -1.10. The van der Waals surface area contributed by atoms with Gasteiger partial charge in [0.25, 0.3) is 0 Å². The molecule has 0 aromatic heterocycles. The highest BCUT2D eigenvalue weighted by atomic mass is 16.5. The van der Waals surface area contributed by atoms with Crippen molar-refractivity contribution < 1.29 is 14.9 Å². The van der Waals surface area contributed by atoms with Crippen LogP contribution in [-0.4, -0.2) is 48.0 Å². The van der Waals surface area contributed by atoms with E-state index < -0.39 is 0 Å². The number of piperidine rings is 1. The lowest BCUT2D eigenvalue weighted by Crippen LogP contribution is -2.43.